The molecule has 0 aliphatic carbocycles. The van der Waals surface area contributed by atoms with E-state index in [9.17, 15) is 18.8 Å². The molecule has 1 fully saturated rings. The fraction of sp³-hybridized carbons (Fsp3) is 0.571. The summed E-state index contributed by atoms with van der Waals surface area (Å²) in [5.74, 6) is -3.77. The van der Waals surface area contributed by atoms with Gasteiger partial charge in [-0.05, 0) is 0 Å². The van der Waals surface area contributed by atoms with Gasteiger partial charge in [0.05, 0.1) is 0 Å². The van der Waals surface area contributed by atoms with Gasteiger partial charge in [0.25, 0.3) is 6.30 Å². The summed E-state index contributed by atoms with van der Waals surface area (Å²) in [6, 6.07) is 0. The molecule has 6 nitrogen and oxygen atoms in total. The molecule has 0 saturated carbocycles. The Labute approximate surface area is 78.9 Å². The zero-order chi connectivity index (χ0) is 10.9. The summed E-state index contributed by atoms with van der Waals surface area (Å²) in [6.07, 6.45) is -2.44. The summed E-state index contributed by atoms with van der Waals surface area (Å²) in [4.78, 5) is 33.9. The molecule has 1 saturated heterocycles. The van der Waals surface area contributed by atoms with Crippen LogP contribution in [0.25, 0.3) is 0 Å². The van der Waals surface area contributed by atoms with Crippen LogP contribution in [-0.2, 0) is 14.4 Å². The Kier molecular flexibility index (Phi) is 2.68. The molecular weight excluding hydrogens is 195 g/mol. The third-order valence-electron chi connectivity index (χ3n) is 1.94. The molecule has 0 aromatic carbocycles. The van der Waals surface area contributed by atoms with E-state index in [1.807, 2.05) is 0 Å². The summed E-state index contributed by atoms with van der Waals surface area (Å²) in [6.45, 7) is 0.0345. The van der Waals surface area contributed by atoms with Gasteiger partial charge in [0.1, 0.15) is 0 Å². The highest BCUT2D eigenvalue weighted by Crippen LogP contribution is 2.08. The second-order valence-electron chi connectivity index (χ2n) is 2.90. The minimum atomic E-state index is -2.44. The van der Waals surface area contributed by atoms with E-state index in [-0.39, 0.29) is 13.1 Å². The molecular formula is C7H9FN2O4. The van der Waals surface area contributed by atoms with Gasteiger partial charge < -0.3 is 10.0 Å². The highest BCUT2D eigenvalue weighted by Gasteiger charge is 2.37. The number of likely N-dealkylation sites (N-methyl/N-ethyl adjacent to an activating group) is 1. The Bertz CT molecular complexity index is 293. The van der Waals surface area contributed by atoms with Crippen LogP contribution in [0, 0.1) is 0 Å². The van der Waals surface area contributed by atoms with Gasteiger partial charge in [0, 0.05) is 20.1 Å². The molecule has 0 spiro atoms. The highest BCUT2D eigenvalue weighted by atomic mass is 19.1. The molecule has 0 aromatic heterocycles. The van der Waals surface area contributed by atoms with E-state index in [0.717, 1.165) is 4.90 Å². The predicted octanol–water partition coefficient (Wildman–Crippen LogP) is -1.33. The van der Waals surface area contributed by atoms with Crippen LogP contribution in [0.4, 0.5) is 4.39 Å². The van der Waals surface area contributed by atoms with Gasteiger partial charge in [-0.25, -0.2) is 9.18 Å². The smallest absolute Gasteiger partial charge is 0.359 e. The van der Waals surface area contributed by atoms with Crippen LogP contribution in [0.15, 0.2) is 0 Å². The fourth-order valence-corrected chi connectivity index (χ4v) is 1.10. The average Bonchev–Trinajstić information content (AvgIpc) is 2.13. The summed E-state index contributed by atoms with van der Waals surface area (Å²) in [5.41, 5.74) is 0. The first-order valence-electron chi connectivity index (χ1n) is 3.88. The molecule has 0 radical (unpaired) electrons. The van der Waals surface area contributed by atoms with Crippen LogP contribution in [-0.4, -0.2) is 59.1 Å². The molecule has 1 atom stereocenters. The number of hydrogen-bond donors (Lipinski definition) is 1. The van der Waals surface area contributed by atoms with Gasteiger partial charge in [-0.15, -0.1) is 0 Å². The molecule has 1 unspecified atom stereocenters. The molecule has 1 aliphatic rings. The van der Waals surface area contributed by atoms with E-state index in [2.05, 4.69) is 0 Å². The van der Waals surface area contributed by atoms with E-state index in [0.29, 0.717) is 4.90 Å². The lowest BCUT2D eigenvalue weighted by Crippen LogP contribution is -2.56. The summed E-state index contributed by atoms with van der Waals surface area (Å²) in [7, 11) is 1.39. The number of alkyl halides is 1. The van der Waals surface area contributed by atoms with Gasteiger partial charge in [0.2, 0.25) is 0 Å². The average molecular weight is 204 g/mol. The standard InChI is InChI=1S/C7H9FN2O4/c1-9-2-3-10(4(8)7(13)14)6(12)5(9)11/h4H,2-3H2,1H3,(H,13,14). The number of carbonyl (C=O) groups is 3. The SMILES string of the molecule is CN1CCN(C(F)C(=O)O)C(=O)C1=O. The number of halogens is 1. The second kappa shape index (κ2) is 3.60. The van der Waals surface area contributed by atoms with Crippen molar-refractivity contribution in [3.05, 3.63) is 0 Å². The number of carbonyl (C=O) groups excluding carboxylic acids is 2. The summed E-state index contributed by atoms with van der Waals surface area (Å²) in [5, 5.41) is 8.31. The monoisotopic (exact) mass is 204 g/mol. The maximum Gasteiger partial charge on any atom is 0.359 e. The van der Waals surface area contributed by atoms with Crippen LogP contribution >= 0.6 is 0 Å². The van der Waals surface area contributed by atoms with Crippen LogP contribution in [0.3, 0.4) is 0 Å². The van der Waals surface area contributed by atoms with Crippen molar-refractivity contribution in [2.24, 2.45) is 0 Å². The quantitative estimate of drug-likeness (QED) is 0.446. The maximum atomic E-state index is 12.9. The lowest BCUT2D eigenvalue weighted by atomic mass is 10.3. The molecule has 0 bridgehead atoms. The lowest BCUT2D eigenvalue weighted by molar-refractivity contribution is -0.167. The summed E-state index contributed by atoms with van der Waals surface area (Å²) >= 11 is 0. The van der Waals surface area contributed by atoms with Gasteiger partial charge >= 0.3 is 17.8 Å². The molecule has 1 rings (SSSR count). The molecule has 7 heteroatoms. The predicted molar refractivity (Wildman–Crippen MR) is 41.9 cm³/mol. The lowest BCUT2D eigenvalue weighted by Gasteiger charge is -2.31. The van der Waals surface area contributed by atoms with Gasteiger partial charge in [-0.1, -0.05) is 0 Å². The fourth-order valence-electron chi connectivity index (χ4n) is 1.10. The van der Waals surface area contributed by atoms with Gasteiger partial charge in [-0.2, -0.15) is 0 Å². The van der Waals surface area contributed by atoms with Crippen LogP contribution < -0.4 is 0 Å². The maximum absolute atomic E-state index is 12.9. The highest BCUT2D eigenvalue weighted by molar-refractivity contribution is 6.35. The first-order valence-corrected chi connectivity index (χ1v) is 3.88. The van der Waals surface area contributed by atoms with E-state index in [1.54, 1.807) is 0 Å². The molecule has 1 N–H and O–H groups in total. The number of piperazine rings is 1. The number of carboxylic acids is 1. The van der Waals surface area contributed by atoms with Crippen molar-refractivity contribution >= 4 is 17.8 Å². The minimum absolute atomic E-state index is 0.103. The zero-order valence-electron chi connectivity index (χ0n) is 7.44. The zero-order valence-corrected chi connectivity index (χ0v) is 7.44. The number of hydrogen-bond acceptors (Lipinski definition) is 3. The Morgan fingerprint density at radius 1 is 1.43 bits per heavy atom. The minimum Gasteiger partial charge on any atom is -0.478 e. The third-order valence-corrected chi connectivity index (χ3v) is 1.94. The molecule has 1 aliphatic heterocycles. The van der Waals surface area contributed by atoms with E-state index in [1.165, 1.54) is 7.05 Å². The molecule has 2 amide bonds. The number of nitrogens with zero attached hydrogens (tertiary/aromatic N) is 2. The largest absolute Gasteiger partial charge is 0.478 e. The van der Waals surface area contributed by atoms with E-state index in [4.69, 9.17) is 5.11 Å². The van der Waals surface area contributed by atoms with E-state index >= 15 is 0 Å². The normalized spacial score (nSPS) is 19.9. The summed E-state index contributed by atoms with van der Waals surface area (Å²) < 4.78 is 12.9. The number of aliphatic carboxylic acids is 1. The van der Waals surface area contributed by atoms with Gasteiger partial charge in [0.15, 0.2) is 0 Å². The van der Waals surface area contributed by atoms with Crippen molar-refractivity contribution < 1.29 is 23.9 Å². The topological polar surface area (TPSA) is 77.9 Å². The Morgan fingerprint density at radius 2 is 2.00 bits per heavy atom. The second-order valence-corrected chi connectivity index (χ2v) is 2.90. The Hall–Kier alpha value is -1.66. The number of rotatable bonds is 2. The first kappa shape index (κ1) is 10.4. The molecule has 1 heterocycles. The molecule has 78 valence electrons. The Balaban J connectivity index is 2.78. The number of carboxylic acid groups (broad SMARTS) is 1. The van der Waals surface area contributed by atoms with Crippen molar-refractivity contribution in [1.29, 1.82) is 0 Å². The van der Waals surface area contributed by atoms with E-state index < -0.39 is 24.1 Å². The third kappa shape index (κ3) is 1.66. The number of amides is 2. The van der Waals surface area contributed by atoms with Crippen molar-refractivity contribution in [2.75, 3.05) is 20.1 Å². The first-order chi connectivity index (χ1) is 6.45. The van der Waals surface area contributed by atoms with Crippen molar-refractivity contribution in [2.45, 2.75) is 6.30 Å². The molecule has 14 heavy (non-hydrogen) atoms. The molecule has 0 aromatic rings. The van der Waals surface area contributed by atoms with Crippen molar-refractivity contribution in [1.82, 2.24) is 9.80 Å². The van der Waals surface area contributed by atoms with Crippen LogP contribution in [0.1, 0.15) is 0 Å². The van der Waals surface area contributed by atoms with Crippen LogP contribution in [0.2, 0.25) is 0 Å². The van der Waals surface area contributed by atoms with Crippen molar-refractivity contribution in [3.8, 4) is 0 Å². The van der Waals surface area contributed by atoms with Gasteiger partial charge in [-0.3, -0.25) is 14.5 Å². The van der Waals surface area contributed by atoms with Crippen molar-refractivity contribution in [3.63, 3.8) is 0 Å². The van der Waals surface area contributed by atoms with Crippen LogP contribution in [0.5, 0.6) is 0 Å². The Morgan fingerprint density at radius 3 is 2.50 bits per heavy atom.